The van der Waals surface area contributed by atoms with Crippen LogP contribution in [0, 0.1) is 0 Å². The number of anilines is 2. The van der Waals surface area contributed by atoms with Gasteiger partial charge in [0.25, 0.3) is 11.5 Å². The molecule has 1 fully saturated rings. The van der Waals surface area contributed by atoms with E-state index >= 15 is 0 Å². The van der Waals surface area contributed by atoms with Gasteiger partial charge >= 0.3 is 0 Å². The lowest BCUT2D eigenvalue weighted by Gasteiger charge is -2.36. The van der Waals surface area contributed by atoms with Gasteiger partial charge in [-0.25, -0.2) is 4.68 Å². The number of carbonyl (C=O) groups excluding carboxylic acids is 1. The number of carbonyl (C=O) groups is 1. The Bertz CT molecular complexity index is 1100. The zero-order chi connectivity index (χ0) is 20.4. The number of benzene rings is 2. The van der Waals surface area contributed by atoms with Crippen LogP contribution in [-0.4, -0.2) is 53.3 Å². The molecule has 2 heterocycles. The molecule has 0 aliphatic carbocycles. The molecule has 150 valence electrons. The molecule has 1 aliphatic rings. The fourth-order valence-electron chi connectivity index (χ4n) is 3.81. The average molecular weight is 391 g/mol. The maximum atomic E-state index is 13.1. The quantitative estimate of drug-likeness (QED) is 0.739. The monoisotopic (exact) mass is 391 g/mol. The summed E-state index contributed by atoms with van der Waals surface area (Å²) in [6.07, 6.45) is 0. The van der Waals surface area contributed by atoms with Crippen LogP contribution in [0.3, 0.4) is 0 Å². The zero-order valence-corrected chi connectivity index (χ0v) is 16.8. The van der Waals surface area contributed by atoms with E-state index < -0.39 is 0 Å². The Morgan fingerprint density at radius 1 is 1.00 bits per heavy atom. The highest BCUT2D eigenvalue weighted by Crippen LogP contribution is 2.27. The van der Waals surface area contributed by atoms with Crippen LogP contribution < -0.4 is 15.8 Å². The standard InChI is InChI=1S/C22H25N5O2/c1-3-26-12-14-27(15-13-26)19-11-7-6-10-18(19)23-21(28)20-16-8-4-5-9-17(16)22(29)25(2)24-20/h4-11H,3,12-15H2,1-2H3,(H,23,28). The lowest BCUT2D eigenvalue weighted by molar-refractivity contribution is 0.102. The topological polar surface area (TPSA) is 70.5 Å². The minimum Gasteiger partial charge on any atom is -0.367 e. The smallest absolute Gasteiger partial charge is 0.276 e. The van der Waals surface area contributed by atoms with E-state index in [1.54, 1.807) is 31.3 Å². The van der Waals surface area contributed by atoms with Crippen LogP contribution in [0.5, 0.6) is 0 Å². The minimum absolute atomic E-state index is 0.216. The number of para-hydroxylation sites is 2. The first-order valence-electron chi connectivity index (χ1n) is 9.92. The van der Waals surface area contributed by atoms with Crippen molar-refractivity contribution in [2.75, 3.05) is 42.9 Å². The second kappa shape index (κ2) is 8.05. The lowest BCUT2D eigenvalue weighted by Crippen LogP contribution is -2.46. The predicted octanol–water partition coefficient (Wildman–Crippen LogP) is 2.33. The van der Waals surface area contributed by atoms with Crippen molar-refractivity contribution >= 4 is 28.1 Å². The van der Waals surface area contributed by atoms with Crippen LogP contribution >= 0.6 is 0 Å². The van der Waals surface area contributed by atoms with Crippen molar-refractivity contribution < 1.29 is 4.79 Å². The Kier molecular flexibility index (Phi) is 5.31. The molecule has 0 saturated carbocycles. The molecule has 7 nitrogen and oxygen atoms in total. The highest BCUT2D eigenvalue weighted by atomic mass is 16.2. The number of likely N-dealkylation sites (N-methyl/N-ethyl adjacent to an activating group) is 1. The second-order valence-corrected chi connectivity index (χ2v) is 7.22. The maximum absolute atomic E-state index is 13.1. The number of piperazine rings is 1. The van der Waals surface area contributed by atoms with Crippen molar-refractivity contribution in [1.82, 2.24) is 14.7 Å². The lowest BCUT2D eigenvalue weighted by atomic mass is 10.1. The Labute approximate surface area is 169 Å². The van der Waals surface area contributed by atoms with Crippen molar-refractivity contribution in [3.8, 4) is 0 Å². The molecule has 0 radical (unpaired) electrons. The fraction of sp³-hybridized carbons (Fsp3) is 0.318. The fourth-order valence-corrected chi connectivity index (χ4v) is 3.81. The van der Waals surface area contributed by atoms with Crippen LogP contribution in [0.15, 0.2) is 53.3 Å². The van der Waals surface area contributed by atoms with Crippen LogP contribution in [0.4, 0.5) is 11.4 Å². The number of aryl methyl sites for hydroxylation is 1. The van der Waals surface area contributed by atoms with Crippen molar-refractivity contribution in [2.24, 2.45) is 7.05 Å². The molecule has 0 unspecified atom stereocenters. The molecule has 1 N–H and O–H groups in total. The third-order valence-electron chi connectivity index (χ3n) is 5.48. The molecule has 1 aliphatic heterocycles. The number of nitrogens with zero attached hydrogens (tertiary/aromatic N) is 4. The molecule has 4 rings (SSSR count). The Morgan fingerprint density at radius 3 is 2.38 bits per heavy atom. The molecule has 1 aromatic heterocycles. The van der Waals surface area contributed by atoms with E-state index in [1.165, 1.54) is 4.68 Å². The van der Waals surface area contributed by atoms with Gasteiger partial charge in [-0.15, -0.1) is 0 Å². The largest absolute Gasteiger partial charge is 0.367 e. The Hall–Kier alpha value is -3.19. The first kappa shape index (κ1) is 19.1. The zero-order valence-electron chi connectivity index (χ0n) is 16.8. The van der Waals surface area contributed by atoms with Crippen LogP contribution in [0.2, 0.25) is 0 Å². The number of fused-ring (bicyclic) bond motifs is 1. The highest BCUT2D eigenvalue weighted by molar-refractivity contribution is 6.12. The molecule has 3 aromatic rings. The molecule has 0 atom stereocenters. The minimum atomic E-state index is -0.323. The van der Waals surface area contributed by atoms with Gasteiger partial charge in [-0.2, -0.15) is 5.10 Å². The summed E-state index contributed by atoms with van der Waals surface area (Å²) >= 11 is 0. The van der Waals surface area contributed by atoms with Gasteiger partial charge in [0.05, 0.1) is 16.8 Å². The molecule has 2 aromatic carbocycles. The summed E-state index contributed by atoms with van der Waals surface area (Å²) in [5.41, 5.74) is 1.78. The van der Waals surface area contributed by atoms with Crippen molar-refractivity contribution in [3.63, 3.8) is 0 Å². The molecule has 7 heteroatoms. The summed E-state index contributed by atoms with van der Waals surface area (Å²) in [5, 5.41) is 8.29. The van der Waals surface area contributed by atoms with Gasteiger partial charge in [0.15, 0.2) is 5.69 Å². The maximum Gasteiger partial charge on any atom is 0.276 e. The summed E-state index contributed by atoms with van der Waals surface area (Å²) in [6.45, 7) is 7.08. The SMILES string of the molecule is CCN1CCN(c2ccccc2NC(=O)c2nn(C)c(=O)c3ccccc23)CC1. The highest BCUT2D eigenvalue weighted by Gasteiger charge is 2.21. The molecular formula is C22H25N5O2. The number of amides is 1. The van der Waals surface area contributed by atoms with Gasteiger partial charge in [-0.3, -0.25) is 9.59 Å². The van der Waals surface area contributed by atoms with Crippen LogP contribution in [-0.2, 0) is 7.05 Å². The van der Waals surface area contributed by atoms with E-state index in [9.17, 15) is 9.59 Å². The summed E-state index contributed by atoms with van der Waals surface area (Å²) in [6, 6.07) is 14.9. The van der Waals surface area contributed by atoms with E-state index in [1.807, 2.05) is 24.3 Å². The molecule has 0 bridgehead atoms. The van der Waals surface area contributed by atoms with Gasteiger partial charge in [-0.1, -0.05) is 37.3 Å². The first-order valence-corrected chi connectivity index (χ1v) is 9.92. The van der Waals surface area contributed by atoms with E-state index in [4.69, 9.17) is 0 Å². The van der Waals surface area contributed by atoms with Crippen molar-refractivity contribution in [2.45, 2.75) is 6.92 Å². The first-order chi connectivity index (χ1) is 14.1. The summed E-state index contributed by atoms with van der Waals surface area (Å²) in [4.78, 5) is 30.2. The summed E-state index contributed by atoms with van der Waals surface area (Å²) in [5.74, 6) is -0.323. The number of nitrogens with one attached hydrogen (secondary N) is 1. The van der Waals surface area contributed by atoms with Crippen molar-refractivity contribution in [1.29, 1.82) is 0 Å². The van der Waals surface area contributed by atoms with Gasteiger partial charge in [-0.05, 0) is 24.7 Å². The Morgan fingerprint density at radius 2 is 1.66 bits per heavy atom. The van der Waals surface area contributed by atoms with Gasteiger partial charge < -0.3 is 15.1 Å². The van der Waals surface area contributed by atoms with E-state index in [-0.39, 0.29) is 17.2 Å². The second-order valence-electron chi connectivity index (χ2n) is 7.22. The normalized spacial score (nSPS) is 14.9. The number of rotatable bonds is 4. The predicted molar refractivity (Wildman–Crippen MR) is 116 cm³/mol. The van der Waals surface area contributed by atoms with E-state index in [0.717, 1.165) is 44.1 Å². The van der Waals surface area contributed by atoms with Gasteiger partial charge in [0, 0.05) is 38.6 Å². The molecule has 1 saturated heterocycles. The molecule has 1 amide bonds. The van der Waals surface area contributed by atoms with Gasteiger partial charge in [0.1, 0.15) is 0 Å². The Balaban J connectivity index is 1.65. The number of hydrogen-bond donors (Lipinski definition) is 1. The summed E-state index contributed by atoms with van der Waals surface area (Å²) < 4.78 is 1.22. The van der Waals surface area contributed by atoms with Crippen molar-refractivity contribution in [3.05, 3.63) is 64.6 Å². The third kappa shape index (κ3) is 3.73. The van der Waals surface area contributed by atoms with Crippen LogP contribution in [0.1, 0.15) is 17.4 Å². The third-order valence-corrected chi connectivity index (χ3v) is 5.48. The molecular weight excluding hydrogens is 366 g/mol. The molecule has 0 spiro atoms. The van der Waals surface area contributed by atoms with E-state index in [0.29, 0.717) is 10.8 Å². The number of aromatic nitrogens is 2. The average Bonchev–Trinajstić information content (AvgIpc) is 2.76. The van der Waals surface area contributed by atoms with E-state index in [2.05, 4.69) is 27.1 Å². The number of hydrogen-bond acceptors (Lipinski definition) is 5. The van der Waals surface area contributed by atoms with Gasteiger partial charge in [0.2, 0.25) is 0 Å². The summed E-state index contributed by atoms with van der Waals surface area (Å²) in [7, 11) is 1.56. The van der Waals surface area contributed by atoms with Crippen LogP contribution in [0.25, 0.3) is 10.8 Å². The molecule has 29 heavy (non-hydrogen) atoms.